The molecule has 4 heterocycles. The number of likely N-dealkylation sites (tertiary alicyclic amines) is 2. The highest BCUT2D eigenvalue weighted by Crippen LogP contribution is 2.41. The fraction of sp³-hybridized carbons (Fsp3) is 0.318. The number of carbonyl (C=O) groups excluding carboxylic acids is 2. The molecule has 8 heteroatoms. The van der Waals surface area contributed by atoms with Gasteiger partial charge < -0.3 is 9.80 Å². The first-order valence-electron chi connectivity index (χ1n) is 10.1. The van der Waals surface area contributed by atoms with Crippen molar-refractivity contribution in [3.8, 4) is 5.69 Å². The zero-order chi connectivity index (χ0) is 20.6. The van der Waals surface area contributed by atoms with Crippen LogP contribution in [0.4, 0.5) is 0 Å². The van der Waals surface area contributed by atoms with E-state index >= 15 is 0 Å². The molecule has 2 fully saturated rings. The van der Waals surface area contributed by atoms with Crippen molar-refractivity contribution in [3.63, 3.8) is 0 Å². The number of rotatable bonds is 4. The monoisotopic (exact) mass is 402 g/mol. The van der Waals surface area contributed by atoms with Crippen molar-refractivity contribution in [1.82, 2.24) is 29.8 Å². The smallest absolute Gasteiger partial charge is 0.276 e. The van der Waals surface area contributed by atoms with Gasteiger partial charge in [0.05, 0.1) is 29.5 Å². The maximum atomic E-state index is 13.2. The zero-order valence-corrected chi connectivity index (χ0v) is 16.5. The number of pyridine rings is 1. The molecule has 0 N–H and O–H groups in total. The number of hydrogen-bond acceptors (Lipinski definition) is 5. The summed E-state index contributed by atoms with van der Waals surface area (Å²) in [5, 5.41) is 8.14. The first-order valence-corrected chi connectivity index (χ1v) is 10.1. The van der Waals surface area contributed by atoms with Crippen molar-refractivity contribution < 1.29 is 9.59 Å². The molecule has 8 nitrogen and oxygen atoms in total. The fourth-order valence-electron chi connectivity index (χ4n) is 4.39. The van der Waals surface area contributed by atoms with Gasteiger partial charge in [-0.1, -0.05) is 29.5 Å². The van der Waals surface area contributed by atoms with Crippen molar-refractivity contribution >= 4 is 11.8 Å². The van der Waals surface area contributed by atoms with E-state index in [9.17, 15) is 9.59 Å². The highest BCUT2D eigenvalue weighted by Gasteiger charge is 2.51. The first-order chi connectivity index (χ1) is 14.6. The molecule has 0 saturated carbocycles. The lowest BCUT2D eigenvalue weighted by Crippen LogP contribution is -2.38. The van der Waals surface area contributed by atoms with Crippen LogP contribution < -0.4 is 0 Å². The SMILES string of the molecule is O=C(c1cn(-c2ccccc2)nn1)N1CCC2(CCN(Cc3ccccn3)C2=O)C1. The van der Waals surface area contributed by atoms with Gasteiger partial charge in [-0.2, -0.15) is 0 Å². The molecule has 1 aromatic carbocycles. The summed E-state index contributed by atoms with van der Waals surface area (Å²) < 4.78 is 1.59. The molecule has 152 valence electrons. The minimum absolute atomic E-state index is 0.122. The average Bonchev–Trinajstić information content (AvgIpc) is 3.51. The lowest BCUT2D eigenvalue weighted by Gasteiger charge is -2.23. The van der Waals surface area contributed by atoms with Crippen LogP contribution in [0, 0.1) is 5.41 Å². The molecular weight excluding hydrogens is 380 g/mol. The quantitative estimate of drug-likeness (QED) is 0.666. The lowest BCUT2D eigenvalue weighted by atomic mass is 9.85. The highest BCUT2D eigenvalue weighted by atomic mass is 16.2. The number of benzene rings is 1. The van der Waals surface area contributed by atoms with E-state index in [0.29, 0.717) is 38.3 Å². The van der Waals surface area contributed by atoms with Crippen LogP contribution in [0.1, 0.15) is 29.0 Å². The first kappa shape index (κ1) is 18.5. The molecule has 2 amide bonds. The van der Waals surface area contributed by atoms with E-state index in [1.807, 2.05) is 53.4 Å². The standard InChI is InChI=1S/C22H22N6O2/c29-20(19-15-28(25-24-19)18-7-2-1-3-8-18)27-13-10-22(16-27)9-12-26(21(22)30)14-17-6-4-5-11-23-17/h1-8,11,15H,9-10,12-14,16H2. The number of amides is 2. The largest absolute Gasteiger partial charge is 0.336 e. The van der Waals surface area contributed by atoms with Crippen LogP contribution in [0.5, 0.6) is 0 Å². The van der Waals surface area contributed by atoms with Crippen molar-refractivity contribution in [2.24, 2.45) is 5.41 Å². The van der Waals surface area contributed by atoms with Gasteiger partial charge in [0, 0.05) is 25.8 Å². The second-order valence-electron chi connectivity index (χ2n) is 7.94. The molecule has 3 aromatic rings. The van der Waals surface area contributed by atoms with Gasteiger partial charge in [-0.3, -0.25) is 14.6 Å². The van der Waals surface area contributed by atoms with Gasteiger partial charge in [0.25, 0.3) is 5.91 Å². The summed E-state index contributed by atoms with van der Waals surface area (Å²) in [7, 11) is 0. The number of nitrogens with zero attached hydrogens (tertiary/aromatic N) is 6. The van der Waals surface area contributed by atoms with Crippen LogP contribution in [0.25, 0.3) is 5.69 Å². The fourth-order valence-corrected chi connectivity index (χ4v) is 4.39. The molecule has 0 aliphatic carbocycles. The van der Waals surface area contributed by atoms with Gasteiger partial charge in [0.15, 0.2) is 5.69 Å². The van der Waals surface area contributed by atoms with Crippen LogP contribution in [0.2, 0.25) is 0 Å². The van der Waals surface area contributed by atoms with Gasteiger partial charge in [-0.05, 0) is 37.1 Å². The van der Waals surface area contributed by atoms with E-state index < -0.39 is 5.41 Å². The third-order valence-corrected chi connectivity index (χ3v) is 6.05. The topological polar surface area (TPSA) is 84.2 Å². The molecule has 30 heavy (non-hydrogen) atoms. The number of aromatic nitrogens is 4. The predicted molar refractivity (Wildman–Crippen MR) is 109 cm³/mol. The third kappa shape index (κ3) is 3.24. The Labute approximate surface area is 174 Å². The Kier molecular flexibility index (Phi) is 4.54. The Morgan fingerprint density at radius 2 is 1.83 bits per heavy atom. The summed E-state index contributed by atoms with van der Waals surface area (Å²) in [6.45, 7) is 2.20. The Morgan fingerprint density at radius 3 is 2.63 bits per heavy atom. The average molecular weight is 402 g/mol. The molecule has 2 aromatic heterocycles. The van der Waals surface area contributed by atoms with Gasteiger partial charge in [-0.25, -0.2) is 4.68 Å². The summed E-state index contributed by atoms with van der Waals surface area (Å²) >= 11 is 0. The maximum absolute atomic E-state index is 13.2. The van der Waals surface area contributed by atoms with Crippen LogP contribution >= 0.6 is 0 Å². The molecule has 1 atom stereocenters. The summed E-state index contributed by atoms with van der Waals surface area (Å²) in [5.41, 5.74) is 1.54. The van der Waals surface area contributed by atoms with Crippen LogP contribution in [-0.4, -0.2) is 61.2 Å². The molecule has 5 rings (SSSR count). The normalized spacial score (nSPS) is 21.0. The highest BCUT2D eigenvalue weighted by molar-refractivity contribution is 5.94. The minimum Gasteiger partial charge on any atom is -0.336 e. The Balaban J connectivity index is 1.27. The minimum atomic E-state index is -0.486. The van der Waals surface area contributed by atoms with Crippen molar-refractivity contribution in [1.29, 1.82) is 0 Å². The Morgan fingerprint density at radius 1 is 1.03 bits per heavy atom. The van der Waals surface area contributed by atoms with E-state index in [2.05, 4.69) is 15.3 Å². The molecular formula is C22H22N6O2. The lowest BCUT2D eigenvalue weighted by molar-refractivity contribution is -0.135. The summed E-state index contributed by atoms with van der Waals surface area (Å²) in [5.74, 6) is -0.0542. The third-order valence-electron chi connectivity index (χ3n) is 6.05. The summed E-state index contributed by atoms with van der Waals surface area (Å²) in [6, 6.07) is 15.3. The molecule has 1 spiro atoms. The molecule has 1 unspecified atom stereocenters. The zero-order valence-electron chi connectivity index (χ0n) is 16.5. The van der Waals surface area contributed by atoms with Crippen molar-refractivity contribution in [2.75, 3.05) is 19.6 Å². The second kappa shape index (κ2) is 7.37. The van der Waals surface area contributed by atoms with Gasteiger partial charge in [-0.15, -0.1) is 5.10 Å². The van der Waals surface area contributed by atoms with E-state index in [4.69, 9.17) is 0 Å². The van der Waals surface area contributed by atoms with Crippen LogP contribution in [0.15, 0.2) is 60.9 Å². The Bertz CT molecular complexity index is 1070. The Hall–Kier alpha value is -3.55. The molecule has 2 saturated heterocycles. The maximum Gasteiger partial charge on any atom is 0.276 e. The van der Waals surface area contributed by atoms with Crippen LogP contribution in [-0.2, 0) is 11.3 Å². The number of carbonyl (C=O) groups is 2. The number of hydrogen-bond donors (Lipinski definition) is 0. The summed E-state index contributed by atoms with van der Waals surface area (Å²) in [6.07, 6.45) is 4.83. The van der Waals surface area contributed by atoms with Crippen molar-refractivity contribution in [3.05, 3.63) is 72.3 Å². The van der Waals surface area contributed by atoms with Gasteiger partial charge in [0.1, 0.15) is 0 Å². The molecule has 0 radical (unpaired) electrons. The predicted octanol–water partition coefficient (Wildman–Crippen LogP) is 1.93. The van der Waals surface area contributed by atoms with Gasteiger partial charge in [0.2, 0.25) is 5.91 Å². The van der Waals surface area contributed by atoms with E-state index in [-0.39, 0.29) is 11.8 Å². The van der Waals surface area contributed by atoms with E-state index in [1.165, 1.54) is 0 Å². The molecule has 0 bridgehead atoms. The molecule has 2 aliphatic heterocycles. The van der Waals surface area contributed by atoms with Crippen molar-refractivity contribution in [2.45, 2.75) is 19.4 Å². The van der Waals surface area contributed by atoms with E-state index in [0.717, 1.165) is 17.8 Å². The van der Waals surface area contributed by atoms with E-state index in [1.54, 1.807) is 22.0 Å². The summed E-state index contributed by atoms with van der Waals surface area (Å²) in [4.78, 5) is 34.1. The van der Waals surface area contributed by atoms with Gasteiger partial charge >= 0.3 is 0 Å². The second-order valence-corrected chi connectivity index (χ2v) is 7.94. The number of para-hydroxylation sites is 1. The van der Waals surface area contributed by atoms with Crippen LogP contribution in [0.3, 0.4) is 0 Å². The molecule has 2 aliphatic rings.